The third-order valence-corrected chi connectivity index (χ3v) is 2.94. The Morgan fingerprint density at radius 2 is 2.06 bits per heavy atom. The molecular weight excluding hydrogens is 244 g/mol. The second-order valence-corrected chi connectivity index (χ2v) is 4.21. The Balaban J connectivity index is 2.42. The van der Waals surface area contributed by atoms with Crippen LogP contribution in [0.2, 0.25) is 0 Å². The molecule has 0 saturated carbocycles. The maximum atomic E-state index is 11.6. The molecule has 18 heavy (non-hydrogen) atoms. The molecule has 4 N–H and O–H groups in total. The van der Waals surface area contributed by atoms with Crippen molar-refractivity contribution in [2.75, 3.05) is 6.61 Å². The van der Waals surface area contributed by atoms with Crippen LogP contribution in [0.3, 0.4) is 0 Å². The fourth-order valence-electron chi connectivity index (χ4n) is 1.88. The van der Waals surface area contributed by atoms with E-state index in [9.17, 15) is 19.8 Å². The minimum atomic E-state index is -1.36. The smallest absolute Gasteiger partial charge is 0.330 e. The van der Waals surface area contributed by atoms with Crippen molar-refractivity contribution in [1.29, 1.82) is 0 Å². The van der Waals surface area contributed by atoms with Crippen LogP contribution < -0.4 is 11.2 Å². The van der Waals surface area contributed by atoms with Crippen LogP contribution in [-0.4, -0.2) is 49.8 Å². The third-order valence-electron chi connectivity index (χ3n) is 2.94. The summed E-state index contributed by atoms with van der Waals surface area (Å²) < 4.78 is 6.17. The van der Waals surface area contributed by atoms with Crippen LogP contribution in [0.4, 0.5) is 0 Å². The first-order valence-electron chi connectivity index (χ1n) is 5.40. The zero-order chi connectivity index (χ0) is 13.4. The van der Waals surface area contributed by atoms with Crippen molar-refractivity contribution in [2.24, 2.45) is 0 Å². The van der Waals surface area contributed by atoms with Crippen molar-refractivity contribution < 1.29 is 20.1 Å². The van der Waals surface area contributed by atoms with E-state index in [1.54, 1.807) is 0 Å². The van der Waals surface area contributed by atoms with Crippen LogP contribution >= 0.6 is 0 Å². The highest BCUT2D eigenvalue weighted by Crippen LogP contribution is 2.27. The van der Waals surface area contributed by atoms with Crippen LogP contribution in [0.1, 0.15) is 11.8 Å². The predicted molar refractivity (Wildman–Crippen MR) is 59.1 cm³/mol. The predicted octanol–water partition coefficient (Wildman–Crippen LogP) is -2.54. The van der Waals surface area contributed by atoms with Gasteiger partial charge in [-0.05, 0) is 6.92 Å². The van der Waals surface area contributed by atoms with E-state index >= 15 is 0 Å². The molecule has 1 aliphatic rings. The first-order valence-corrected chi connectivity index (χ1v) is 5.40. The lowest BCUT2D eigenvalue weighted by molar-refractivity contribution is -0.0551. The number of aromatic nitrogens is 2. The van der Waals surface area contributed by atoms with Crippen LogP contribution in [0, 0.1) is 6.92 Å². The molecule has 0 amide bonds. The first kappa shape index (κ1) is 13.0. The maximum absolute atomic E-state index is 11.6. The number of ether oxygens (including phenoxy) is 1. The minimum Gasteiger partial charge on any atom is -0.394 e. The number of aliphatic hydroxyl groups excluding tert-OH is 3. The number of hydrogen-bond acceptors (Lipinski definition) is 6. The summed E-state index contributed by atoms with van der Waals surface area (Å²) in [4.78, 5) is 24.9. The van der Waals surface area contributed by atoms with E-state index in [-0.39, 0.29) is 5.56 Å². The molecule has 0 unspecified atom stereocenters. The number of nitrogens with one attached hydrogen (secondary N) is 1. The molecular formula is C10H14N2O6. The van der Waals surface area contributed by atoms with Gasteiger partial charge in [0.1, 0.15) is 18.3 Å². The van der Waals surface area contributed by atoms with Gasteiger partial charge < -0.3 is 20.1 Å². The number of hydrogen-bond donors (Lipinski definition) is 4. The number of H-pyrrole nitrogens is 1. The zero-order valence-electron chi connectivity index (χ0n) is 9.61. The van der Waals surface area contributed by atoms with Gasteiger partial charge in [-0.3, -0.25) is 14.3 Å². The van der Waals surface area contributed by atoms with Gasteiger partial charge in [0.15, 0.2) is 6.23 Å². The maximum Gasteiger partial charge on any atom is 0.330 e. The van der Waals surface area contributed by atoms with E-state index < -0.39 is 42.4 Å². The normalized spacial score (nSPS) is 31.8. The molecule has 8 heteroatoms. The van der Waals surface area contributed by atoms with E-state index in [4.69, 9.17) is 9.84 Å². The standard InChI is InChI=1S/C10H14N2O6/c1-4-2-12(10(17)11-8(4)16)9-7(15)6(14)5(3-13)18-9/h2,5-7,9,13-15H,3H2,1H3,(H,11,16,17)/t5-,6+,7+,9-/m1/s1. The van der Waals surface area contributed by atoms with Crippen LogP contribution in [0.5, 0.6) is 0 Å². The van der Waals surface area contributed by atoms with Crippen molar-refractivity contribution in [3.63, 3.8) is 0 Å². The molecule has 2 heterocycles. The van der Waals surface area contributed by atoms with Crippen LogP contribution in [0.25, 0.3) is 0 Å². The number of aryl methyl sites for hydroxylation is 1. The van der Waals surface area contributed by atoms with Gasteiger partial charge in [-0.25, -0.2) is 4.79 Å². The average molecular weight is 258 g/mol. The zero-order valence-corrected chi connectivity index (χ0v) is 9.61. The van der Waals surface area contributed by atoms with E-state index in [0.29, 0.717) is 0 Å². The summed E-state index contributed by atoms with van der Waals surface area (Å²) in [6.45, 7) is 1.02. The summed E-state index contributed by atoms with van der Waals surface area (Å²) in [5.41, 5.74) is -1.00. The molecule has 0 spiro atoms. The molecule has 100 valence electrons. The van der Waals surface area contributed by atoms with Gasteiger partial charge in [-0.1, -0.05) is 0 Å². The summed E-state index contributed by atoms with van der Waals surface area (Å²) in [6.07, 6.45) is -3.52. The molecule has 1 aromatic heterocycles. The van der Waals surface area contributed by atoms with E-state index in [0.717, 1.165) is 4.57 Å². The van der Waals surface area contributed by atoms with Crippen LogP contribution in [0.15, 0.2) is 15.8 Å². The van der Waals surface area contributed by atoms with Gasteiger partial charge in [0.2, 0.25) is 0 Å². The number of rotatable bonds is 2. The molecule has 2 rings (SSSR count). The lowest BCUT2D eigenvalue weighted by atomic mass is 10.1. The van der Waals surface area contributed by atoms with E-state index in [1.807, 2.05) is 0 Å². The second kappa shape index (κ2) is 4.65. The van der Waals surface area contributed by atoms with Crippen molar-refractivity contribution in [3.05, 3.63) is 32.6 Å². The molecule has 4 atom stereocenters. The quantitative estimate of drug-likeness (QED) is 0.463. The SMILES string of the molecule is Cc1cn([C@@H]2O[C@H](CO)[C@H](O)[C@@H]2O)c(=O)[nH]c1=O. The lowest BCUT2D eigenvalue weighted by Crippen LogP contribution is -2.38. The second-order valence-electron chi connectivity index (χ2n) is 4.21. The summed E-state index contributed by atoms with van der Waals surface area (Å²) in [6, 6.07) is 0. The third kappa shape index (κ3) is 1.99. The van der Waals surface area contributed by atoms with Gasteiger partial charge >= 0.3 is 5.69 Å². The molecule has 0 aromatic carbocycles. The van der Waals surface area contributed by atoms with Crippen LogP contribution in [-0.2, 0) is 4.74 Å². The number of aliphatic hydroxyl groups is 3. The molecule has 0 radical (unpaired) electrons. The Morgan fingerprint density at radius 1 is 1.39 bits per heavy atom. The fourth-order valence-corrected chi connectivity index (χ4v) is 1.88. The molecule has 1 aromatic rings. The molecule has 8 nitrogen and oxygen atoms in total. The molecule has 0 bridgehead atoms. The summed E-state index contributed by atoms with van der Waals surface area (Å²) in [5, 5.41) is 28.3. The fraction of sp³-hybridized carbons (Fsp3) is 0.600. The summed E-state index contributed by atoms with van der Waals surface area (Å²) in [5.74, 6) is 0. The Hall–Kier alpha value is -1.48. The molecule has 0 aliphatic carbocycles. The lowest BCUT2D eigenvalue weighted by Gasteiger charge is -2.17. The first-order chi connectivity index (χ1) is 8.45. The molecule has 1 fully saturated rings. The topological polar surface area (TPSA) is 125 Å². The summed E-state index contributed by atoms with van der Waals surface area (Å²) >= 11 is 0. The highest BCUT2D eigenvalue weighted by atomic mass is 16.6. The number of nitrogens with zero attached hydrogens (tertiary/aromatic N) is 1. The van der Waals surface area contributed by atoms with Crippen molar-refractivity contribution in [3.8, 4) is 0 Å². The Kier molecular flexibility index (Phi) is 3.35. The van der Waals surface area contributed by atoms with Crippen molar-refractivity contribution in [1.82, 2.24) is 9.55 Å². The van der Waals surface area contributed by atoms with Crippen molar-refractivity contribution in [2.45, 2.75) is 31.5 Å². The Morgan fingerprint density at radius 3 is 2.61 bits per heavy atom. The molecule has 1 saturated heterocycles. The van der Waals surface area contributed by atoms with Crippen molar-refractivity contribution >= 4 is 0 Å². The van der Waals surface area contributed by atoms with E-state index in [1.165, 1.54) is 13.1 Å². The van der Waals surface area contributed by atoms with Gasteiger partial charge in [0.25, 0.3) is 5.56 Å². The average Bonchev–Trinajstić information content (AvgIpc) is 2.61. The Bertz CT molecular complexity index is 550. The monoisotopic (exact) mass is 258 g/mol. The van der Waals surface area contributed by atoms with Gasteiger partial charge in [0.05, 0.1) is 6.61 Å². The number of aromatic amines is 1. The van der Waals surface area contributed by atoms with E-state index in [2.05, 4.69) is 4.98 Å². The highest BCUT2D eigenvalue weighted by molar-refractivity contribution is 5.03. The summed E-state index contributed by atoms with van der Waals surface area (Å²) in [7, 11) is 0. The minimum absolute atomic E-state index is 0.271. The van der Waals surface area contributed by atoms with Gasteiger partial charge in [-0.2, -0.15) is 0 Å². The largest absolute Gasteiger partial charge is 0.394 e. The highest BCUT2D eigenvalue weighted by Gasteiger charge is 2.43. The molecule has 1 aliphatic heterocycles. The van der Waals surface area contributed by atoms with Gasteiger partial charge in [-0.15, -0.1) is 0 Å². The Labute approximate surface area is 101 Å². The van der Waals surface area contributed by atoms with Gasteiger partial charge in [0, 0.05) is 11.8 Å².